The molecule has 0 aliphatic heterocycles. The second kappa shape index (κ2) is 4.27. The number of hydrogen-bond acceptors (Lipinski definition) is 2. The van der Waals surface area contributed by atoms with Gasteiger partial charge in [-0.2, -0.15) is 8.42 Å². The molecule has 0 saturated carbocycles. The summed E-state index contributed by atoms with van der Waals surface area (Å²) < 4.78 is 31.3. The van der Waals surface area contributed by atoms with E-state index in [0.717, 1.165) is 0 Å². The fourth-order valence-electron chi connectivity index (χ4n) is 0.778. The highest BCUT2D eigenvalue weighted by Gasteiger charge is 2.23. The molecular formula is C6H2Br2Cl2O3S. The van der Waals surface area contributed by atoms with E-state index < -0.39 is 15.0 Å². The molecule has 1 rings (SSSR count). The van der Waals surface area contributed by atoms with Crippen LogP contribution in [0, 0.1) is 0 Å². The van der Waals surface area contributed by atoms with Crippen LogP contribution in [-0.2, 0) is 10.1 Å². The van der Waals surface area contributed by atoms with Crippen LogP contribution < -0.4 is 0 Å². The zero-order valence-electron chi connectivity index (χ0n) is 6.26. The third kappa shape index (κ3) is 2.43. The Balaban J connectivity index is 3.74. The van der Waals surface area contributed by atoms with E-state index in [9.17, 15) is 8.42 Å². The molecule has 0 amide bonds. The van der Waals surface area contributed by atoms with Crippen LogP contribution in [0.2, 0.25) is 10.0 Å². The SMILES string of the molecule is O=S(=O)(O)c1c(Cl)c(Cl)cc(Br)c1Br. The summed E-state index contributed by atoms with van der Waals surface area (Å²) in [6.07, 6.45) is 0. The van der Waals surface area contributed by atoms with Gasteiger partial charge in [-0.3, -0.25) is 4.55 Å². The highest BCUT2D eigenvalue weighted by molar-refractivity contribution is 9.13. The summed E-state index contributed by atoms with van der Waals surface area (Å²) in [4.78, 5) is -0.446. The van der Waals surface area contributed by atoms with Gasteiger partial charge in [0.15, 0.2) is 0 Å². The molecule has 0 aromatic heterocycles. The highest BCUT2D eigenvalue weighted by atomic mass is 79.9. The number of hydrogen-bond donors (Lipinski definition) is 1. The van der Waals surface area contributed by atoms with Crippen molar-refractivity contribution in [3.8, 4) is 0 Å². The normalized spacial score (nSPS) is 11.8. The summed E-state index contributed by atoms with van der Waals surface area (Å²) in [5.74, 6) is 0. The second-order valence-corrected chi connectivity index (χ2v) is 6.06. The minimum absolute atomic E-state index is 0.0365. The van der Waals surface area contributed by atoms with E-state index in [1.54, 1.807) is 0 Å². The number of rotatable bonds is 1. The highest BCUT2D eigenvalue weighted by Crippen LogP contribution is 2.39. The monoisotopic (exact) mass is 382 g/mol. The molecule has 0 atom stereocenters. The molecule has 1 aromatic rings. The summed E-state index contributed by atoms with van der Waals surface area (Å²) in [6, 6.07) is 1.42. The van der Waals surface area contributed by atoms with Gasteiger partial charge in [0, 0.05) is 4.47 Å². The molecule has 0 spiro atoms. The van der Waals surface area contributed by atoms with Crippen LogP contribution in [-0.4, -0.2) is 13.0 Å². The van der Waals surface area contributed by atoms with E-state index in [2.05, 4.69) is 31.9 Å². The molecular weight excluding hydrogens is 383 g/mol. The first-order valence-corrected chi connectivity index (χ1v) is 6.84. The zero-order valence-corrected chi connectivity index (χ0v) is 11.8. The van der Waals surface area contributed by atoms with Crippen molar-refractivity contribution < 1.29 is 13.0 Å². The van der Waals surface area contributed by atoms with Gasteiger partial charge >= 0.3 is 0 Å². The molecule has 0 unspecified atom stereocenters. The molecule has 0 aliphatic carbocycles. The fourth-order valence-corrected chi connectivity index (χ4v) is 3.88. The maximum atomic E-state index is 10.9. The smallest absolute Gasteiger partial charge is 0.282 e. The molecule has 14 heavy (non-hydrogen) atoms. The van der Waals surface area contributed by atoms with E-state index in [-0.39, 0.29) is 14.5 Å². The van der Waals surface area contributed by atoms with Crippen LogP contribution in [0.3, 0.4) is 0 Å². The second-order valence-electron chi connectivity index (χ2n) is 2.27. The van der Waals surface area contributed by atoms with Crippen molar-refractivity contribution >= 4 is 65.2 Å². The summed E-state index contributed by atoms with van der Waals surface area (Å²) >= 11 is 17.3. The lowest BCUT2D eigenvalue weighted by molar-refractivity contribution is 0.482. The molecule has 0 aliphatic rings. The summed E-state index contributed by atoms with van der Waals surface area (Å²) in [7, 11) is -4.40. The van der Waals surface area contributed by atoms with Gasteiger partial charge in [0.2, 0.25) is 0 Å². The summed E-state index contributed by atoms with van der Waals surface area (Å²) in [5.41, 5.74) is 0. The Bertz CT molecular complexity index is 460. The van der Waals surface area contributed by atoms with Gasteiger partial charge in [-0.15, -0.1) is 0 Å². The Morgan fingerprint density at radius 3 is 2.21 bits per heavy atom. The minimum atomic E-state index is -4.40. The third-order valence-corrected chi connectivity index (χ3v) is 5.40. The van der Waals surface area contributed by atoms with Crippen molar-refractivity contribution in [1.82, 2.24) is 0 Å². The zero-order chi connectivity index (χ0) is 11.1. The Hall–Kier alpha value is 0.670. The first-order valence-electron chi connectivity index (χ1n) is 3.05. The summed E-state index contributed by atoms with van der Waals surface area (Å²) in [5, 5.41) is -0.182. The lowest BCUT2D eigenvalue weighted by atomic mass is 10.4. The first kappa shape index (κ1) is 12.7. The first-order chi connectivity index (χ1) is 6.25. The van der Waals surface area contributed by atoms with Crippen LogP contribution >= 0.6 is 55.1 Å². The minimum Gasteiger partial charge on any atom is -0.282 e. The Morgan fingerprint density at radius 1 is 1.29 bits per heavy atom. The van der Waals surface area contributed by atoms with Gasteiger partial charge in [0.1, 0.15) is 4.90 Å². The van der Waals surface area contributed by atoms with Crippen LogP contribution in [0.15, 0.2) is 19.9 Å². The molecule has 3 nitrogen and oxygen atoms in total. The van der Waals surface area contributed by atoms with Gasteiger partial charge in [-0.25, -0.2) is 0 Å². The molecule has 1 N–H and O–H groups in total. The maximum absolute atomic E-state index is 10.9. The van der Waals surface area contributed by atoms with E-state index in [4.69, 9.17) is 27.8 Å². The van der Waals surface area contributed by atoms with Crippen LogP contribution in [0.1, 0.15) is 0 Å². The standard InChI is InChI=1S/C6H2Br2Cl2O3S/c7-2-1-3(9)5(10)6(4(2)8)14(11,12)13/h1H,(H,11,12,13). The van der Waals surface area contributed by atoms with Gasteiger partial charge in [0.05, 0.1) is 14.5 Å². The lowest BCUT2D eigenvalue weighted by Gasteiger charge is -2.07. The van der Waals surface area contributed by atoms with Crippen molar-refractivity contribution in [2.24, 2.45) is 0 Å². The van der Waals surface area contributed by atoms with E-state index >= 15 is 0 Å². The Labute approximate surface area is 107 Å². The van der Waals surface area contributed by atoms with E-state index in [1.165, 1.54) is 6.07 Å². The molecule has 0 saturated heterocycles. The molecule has 8 heteroatoms. The Kier molecular flexibility index (Phi) is 3.89. The molecule has 0 bridgehead atoms. The Morgan fingerprint density at radius 2 is 1.79 bits per heavy atom. The van der Waals surface area contributed by atoms with Crippen LogP contribution in [0.25, 0.3) is 0 Å². The molecule has 1 aromatic carbocycles. The topological polar surface area (TPSA) is 54.4 Å². The van der Waals surface area contributed by atoms with E-state index in [1.807, 2.05) is 0 Å². The maximum Gasteiger partial charge on any atom is 0.297 e. The predicted octanol–water partition coefficient (Wildman–Crippen LogP) is 3.77. The van der Waals surface area contributed by atoms with Crippen LogP contribution in [0.5, 0.6) is 0 Å². The average molecular weight is 385 g/mol. The molecule has 0 radical (unpaired) electrons. The lowest BCUT2D eigenvalue weighted by Crippen LogP contribution is -2.01. The van der Waals surface area contributed by atoms with Gasteiger partial charge in [-0.05, 0) is 37.9 Å². The van der Waals surface area contributed by atoms with Gasteiger partial charge in [-0.1, -0.05) is 23.2 Å². The predicted molar refractivity (Wildman–Crippen MR) is 61.7 cm³/mol. The largest absolute Gasteiger partial charge is 0.297 e. The van der Waals surface area contributed by atoms with Crippen molar-refractivity contribution in [2.45, 2.75) is 4.90 Å². The van der Waals surface area contributed by atoms with Crippen LogP contribution in [0.4, 0.5) is 0 Å². The van der Waals surface area contributed by atoms with Crippen molar-refractivity contribution in [3.05, 3.63) is 25.1 Å². The van der Waals surface area contributed by atoms with Crippen molar-refractivity contribution in [1.29, 1.82) is 0 Å². The van der Waals surface area contributed by atoms with Gasteiger partial charge < -0.3 is 0 Å². The molecule has 0 fully saturated rings. The molecule has 0 heterocycles. The third-order valence-electron chi connectivity index (χ3n) is 1.33. The average Bonchev–Trinajstić information content (AvgIpc) is 1.98. The summed E-state index contributed by atoms with van der Waals surface area (Å²) in [6.45, 7) is 0. The van der Waals surface area contributed by atoms with Crippen molar-refractivity contribution in [3.63, 3.8) is 0 Å². The molecule has 78 valence electrons. The van der Waals surface area contributed by atoms with Gasteiger partial charge in [0.25, 0.3) is 10.1 Å². The number of halogens is 4. The van der Waals surface area contributed by atoms with Crippen molar-refractivity contribution in [2.75, 3.05) is 0 Å². The van der Waals surface area contributed by atoms with E-state index in [0.29, 0.717) is 4.47 Å². The fraction of sp³-hybridized carbons (Fsp3) is 0. The quantitative estimate of drug-likeness (QED) is 0.592. The number of benzene rings is 1.